The minimum atomic E-state index is -2.08. The van der Waals surface area contributed by atoms with Gasteiger partial charge in [-0.15, -0.1) is 0 Å². The summed E-state index contributed by atoms with van der Waals surface area (Å²) in [5.74, 6) is -4.17. The van der Waals surface area contributed by atoms with Crippen molar-refractivity contribution in [2.45, 2.75) is 19.1 Å². The molecule has 106 valence electrons. The molecule has 0 unspecified atom stereocenters. The number of carbonyl (C=O) groups is 2. The Morgan fingerprint density at radius 2 is 2.15 bits per heavy atom. The summed E-state index contributed by atoms with van der Waals surface area (Å²) >= 11 is 0. The van der Waals surface area contributed by atoms with Crippen molar-refractivity contribution in [2.24, 2.45) is 5.16 Å². The average molecular weight is 279 g/mol. The highest BCUT2D eigenvalue weighted by Gasteiger charge is 2.55. The summed E-state index contributed by atoms with van der Waals surface area (Å²) in [5.41, 5.74) is 0.203. The van der Waals surface area contributed by atoms with Crippen molar-refractivity contribution < 1.29 is 23.9 Å². The molecule has 0 spiro atoms. The molecule has 0 aliphatic carbocycles. The number of esters is 2. The lowest BCUT2D eigenvalue weighted by Gasteiger charge is -2.32. The van der Waals surface area contributed by atoms with E-state index in [1.165, 1.54) is 7.11 Å². The number of rotatable bonds is 3. The first-order valence-electron chi connectivity index (χ1n) is 6.02. The van der Waals surface area contributed by atoms with Crippen LogP contribution in [-0.4, -0.2) is 48.7 Å². The predicted molar refractivity (Wildman–Crippen MR) is 64.9 cm³/mol. The van der Waals surface area contributed by atoms with E-state index in [4.69, 9.17) is 14.3 Å². The van der Waals surface area contributed by atoms with Crippen molar-refractivity contribution in [1.82, 2.24) is 4.90 Å². The van der Waals surface area contributed by atoms with Crippen molar-refractivity contribution in [3.63, 3.8) is 0 Å². The molecule has 20 heavy (non-hydrogen) atoms. The Labute approximate surface area is 115 Å². The Morgan fingerprint density at radius 1 is 1.50 bits per heavy atom. The Bertz CT molecular complexity index is 530. The lowest BCUT2D eigenvalue weighted by atomic mass is 10.00. The number of likely N-dealkylation sites (N-methyl/N-ethyl adjacent to an activating group) is 1. The van der Waals surface area contributed by atoms with Crippen LogP contribution in [0.25, 0.3) is 0 Å². The molecule has 2 heterocycles. The van der Waals surface area contributed by atoms with E-state index in [1.807, 2.05) is 11.8 Å². The van der Waals surface area contributed by atoms with Gasteiger partial charge < -0.3 is 19.2 Å². The Balaban J connectivity index is 2.46. The normalized spacial score (nSPS) is 22.9. The van der Waals surface area contributed by atoms with E-state index in [-0.39, 0.29) is 5.57 Å². The standard InChI is InChI=1S/C12H13N3O5/c1-3-15-6-4-5-8(9(15)14-18-2)12(7-13)19-10(16)11(17)20-12/h5H,3-4,6H2,1-2H3/b14-9-. The second-order valence-electron chi connectivity index (χ2n) is 4.09. The maximum Gasteiger partial charge on any atom is 0.421 e. The summed E-state index contributed by atoms with van der Waals surface area (Å²) in [6.45, 7) is 3.19. The van der Waals surface area contributed by atoms with Gasteiger partial charge >= 0.3 is 17.7 Å². The lowest BCUT2D eigenvalue weighted by Crippen LogP contribution is -2.45. The molecule has 0 atom stereocenters. The number of nitrogens with zero attached hydrogens (tertiary/aromatic N) is 3. The number of hydrogen-bond acceptors (Lipinski definition) is 7. The molecule has 0 N–H and O–H groups in total. The van der Waals surface area contributed by atoms with Crippen LogP contribution in [0.2, 0.25) is 0 Å². The maximum atomic E-state index is 11.2. The third-order valence-corrected chi connectivity index (χ3v) is 2.99. The van der Waals surface area contributed by atoms with Gasteiger partial charge in [0.1, 0.15) is 7.11 Å². The molecule has 2 aliphatic rings. The molecule has 8 heteroatoms. The van der Waals surface area contributed by atoms with Crippen molar-refractivity contribution >= 4 is 17.8 Å². The summed E-state index contributed by atoms with van der Waals surface area (Å²) in [7, 11) is 1.36. The highest BCUT2D eigenvalue weighted by Crippen LogP contribution is 2.32. The average Bonchev–Trinajstić information content (AvgIpc) is 2.75. The van der Waals surface area contributed by atoms with Gasteiger partial charge in [-0.05, 0) is 13.3 Å². The molecule has 0 aromatic carbocycles. The van der Waals surface area contributed by atoms with Crippen LogP contribution in [-0.2, 0) is 23.9 Å². The van der Waals surface area contributed by atoms with Crippen LogP contribution in [0, 0.1) is 11.3 Å². The largest absolute Gasteiger partial charge is 0.421 e. The molecule has 2 rings (SSSR count). The topological polar surface area (TPSA) is 101 Å². The molecule has 0 bridgehead atoms. The van der Waals surface area contributed by atoms with Gasteiger partial charge in [0.15, 0.2) is 11.9 Å². The van der Waals surface area contributed by atoms with Gasteiger partial charge in [-0.3, -0.25) is 0 Å². The quantitative estimate of drug-likeness (QED) is 0.404. The van der Waals surface area contributed by atoms with Crippen LogP contribution < -0.4 is 0 Å². The number of cyclic esters (lactones) is 2. The summed E-state index contributed by atoms with van der Waals surface area (Å²) in [5, 5.41) is 13.1. The van der Waals surface area contributed by atoms with Crippen LogP contribution in [0.15, 0.2) is 16.8 Å². The maximum absolute atomic E-state index is 11.2. The van der Waals surface area contributed by atoms with E-state index in [0.717, 1.165) is 0 Å². The van der Waals surface area contributed by atoms with Crippen molar-refractivity contribution in [3.05, 3.63) is 11.6 Å². The van der Waals surface area contributed by atoms with Gasteiger partial charge in [-0.2, -0.15) is 5.26 Å². The van der Waals surface area contributed by atoms with Gasteiger partial charge in [0.2, 0.25) is 0 Å². The SMILES string of the molecule is CCN1CCC=C(C2(C#N)OC(=O)C(=O)O2)/C1=N/OC. The molecule has 2 aliphatic heterocycles. The third kappa shape index (κ3) is 2.07. The fraction of sp³-hybridized carbons (Fsp3) is 0.500. The monoisotopic (exact) mass is 279 g/mol. The van der Waals surface area contributed by atoms with E-state index < -0.39 is 17.7 Å². The Kier molecular flexibility index (Phi) is 3.61. The molecule has 8 nitrogen and oxygen atoms in total. The van der Waals surface area contributed by atoms with Crippen molar-refractivity contribution in [3.8, 4) is 6.07 Å². The third-order valence-electron chi connectivity index (χ3n) is 2.99. The molecule has 0 aromatic heterocycles. The van der Waals surface area contributed by atoms with E-state index in [0.29, 0.717) is 25.3 Å². The zero-order chi connectivity index (χ0) is 14.8. The lowest BCUT2D eigenvalue weighted by molar-refractivity contribution is -0.150. The van der Waals surface area contributed by atoms with Crippen LogP contribution >= 0.6 is 0 Å². The first-order valence-corrected chi connectivity index (χ1v) is 6.02. The van der Waals surface area contributed by atoms with E-state index >= 15 is 0 Å². The summed E-state index contributed by atoms with van der Waals surface area (Å²) in [6, 6.07) is 1.72. The van der Waals surface area contributed by atoms with E-state index in [1.54, 1.807) is 12.1 Å². The molecular weight excluding hydrogens is 266 g/mol. The first kappa shape index (κ1) is 13.9. The summed E-state index contributed by atoms with van der Waals surface area (Å²) < 4.78 is 9.63. The highest BCUT2D eigenvalue weighted by molar-refractivity contribution is 6.31. The summed E-state index contributed by atoms with van der Waals surface area (Å²) in [4.78, 5) is 29.1. The zero-order valence-corrected chi connectivity index (χ0v) is 11.1. The summed E-state index contributed by atoms with van der Waals surface area (Å²) in [6.07, 6.45) is 2.25. The molecule has 1 saturated heterocycles. The smallest absolute Gasteiger partial charge is 0.397 e. The minimum Gasteiger partial charge on any atom is -0.397 e. The fourth-order valence-corrected chi connectivity index (χ4v) is 2.10. The van der Waals surface area contributed by atoms with E-state index in [2.05, 4.69) is 5.16 Å². The van der Waals surface area contributed by atoms with Gasteiger partial charge in [0.05, 0.1) is 5.57 Å². The number of carbonyl (C=O) groups excluding carboxylic acids is 2. The fourth-order valence-electron chi connectivity index (χ4n) is 2.10. The molecule has 0 radical (unpaired) electrons. The molecule has 1 fully saturated rings. The number of nitriles is 1. The molecule has 0 aromatic rings. The van der Waals surface area contributed by atoms with Gasteiger partial charge in [0.25, 0.3) is 0 Å². The number of hydrogen-bond donors (Lipinski definition) is 0. The minimum absolute atomic E-state index is 0.203. The zero-order valence-electron chi connectivity index (χ0n) is 11.1. The second-order valence-corrected chi connectivity index (χ2v) is 4.09. The number of ether oxygens (including phenoxy) is 2. The van der Waals surface area contributed by atoms with E-state index in [9.17, 15) is 14.9 Å². The number of oxime groups is 1. The molecule has 0 saturated carbocycles. The van der Waals surface area contributed by atoms with Gasteiger partial charge in [-0.1, -0.05) is 11.2 Å². The second kappa shape index (κ2) is 5.21. The predicted octanol–water partition coefficient (Wildman–Crippen LogP) is -0.0818. The Hall–Kier alpha value is -2.56. The first-order chi connectivity index (χ1) is 9.57. The highest BCUT2D eigenvalue weighted by atomic mass is 16.8. The van der Waals surface area contributed by atoms with Crippen LogP contribution in [0.1, 0.15) is 13.3 Å². The Morgan fingerprint density at radius 3 is 2.65 bits per heavy atom. The molecule has 0 amide bonds. The van der Waals surface area contributed by atoms with Crippen molar-refractivity contribution in [1.29, 1.82) is 5.26 Å². The molecular formula is C12H13N3O5. The number of amidine groups is 1. The van der Waals surface area contributed by atoms with Crippen LogP contribution in [0.3, 0.4) is 0 Å². The van der Waals surface area contributed by atoms with Crippen molar-refractivity contribution in [2.75, 3.05) is 20.2 Å². The van der Waals surface area contributed by atoms with Crippen LogP contribution in [0.5, 0.6) is 0 Å². The van der Waals surface area contributed by atoms with Crippen LogP contribution in [0.4, 0.5) is 0 Å². The van der Waals surface area contributed by atoms with Gasteiger partial charge in [0, 0.05) is 13.1 Å². The van der Waals surface area contributed by atoms with Gasteiger partial charge in [-0.25, -0.2) is 9.59 Å².